The highest BCUT2D eigenvalue weighted by molar-refractivity contribution is 6.31. The molecule has 0 spiro atoms. The number of rotatable bonds is 4. The van der Waals surface area contributed by atoms with Crippen LogP contribution in [0.25, 0.3) is 0 Å². The first-order chi connectivity index (χ1) is 9.16. The molecule has 19 heavy (non-hydrogen) atoms. The molecular weight excluding hydrogens is 271 g/mol. The third-order valence-electron chi connectivity index (χ3n) is 2.41. The van der Waals surface area contributed by atoms with Crippen LogP contribution in [-0.2, 0) is 6.54 Å². The predicted molar refractivity (Wildman–Crippen MR) is 70.7 cm³/mol. The highest BCUT2D eigenvalue weighted by Gasteiger charge is 2.08. The second-order valence-electron chi connectivity index (χ2n) is 3.78. The number of carbonyl (C=O) groups is 1. The zero-order valence-electron chi connectivity index (χ0n) is 9.94. The van der Waals surface area contributed by atoms with Crippen molar-refractivity contribution in [2.75, 3.05) is 11.9 Å². The van der Waals surface area contributed by atoms with E-state index in [1.165, 1.54) is 12.1 Å². The highest BCUT2D eigenvalue weighted by Crippen LogP contribution is 2.21. The fraction of sp³-hybridized carbons (Fsp3) is 0.167. The van der Waals surface area contributed by atoms with Crippen molar-refractivity contribution in [3.05, 3.63) is 47.8 Å². The van der Waals surface area contributed by atoms with Crippen LogP contribution in [-0.4, -0.2) is 22.1 Å². The summed E-state index contributed by atoms with van der Waals surface area (Å²) in [5.74, 6) is -0.645. The molecule has 0 aliphatic rings. The Kier molecular flexibility index (Phi) is 4.35. The van der Waals surface area contributed by atoms with E-state index in [0.717, 1.165) is 0 Å². The van der Waals surface area contributed by atoms with Gasteiger partial charge in [-0.2, -0.15) is 0 Å². The first kappa shape index (κ1) is 13.4. The van der Waals surface area contributed by atoms with Gasteiger partial charge in [0.1, 0.15) is 0 Å². The SMILES string of the molecule is O=C(NCCn1ccnc1)Nc1cccc(Cl)c1F. The number of aromatic nitrogens is 2. The lowest BCUT2D eigenvalue weighted by Crippen LogP contribution is -2.31. The Balaban J connectivity index is 1.82. The summed E-state index contributed by atoms with van der Waals surface area (Å²) in [6.07, 6.45) is 5.09. The second-order valence-corrected chi connectivity index (χ2v) is 4.19. The van der Waals surface area contributed by atoms with E-state index >= 15 is 0 Å². The number of nitrogens with one attached hydrogen (secondary N) is 2. The first-order valence-corrected chi connectivity index (χ1v) is 5.99. The quantitative estimate of drug-likeness (QED) is 0.905. The average molecular weight is 283 g/mol. The van der Waals surface area contributed by atoms with Crippen molar-refractivity contribution in [3.63, 3.8) is 0 Å². The van der Waals surface area contributed by atoms with Crippen LogP contribution in [0.5, 0.6) is 0 Å². The Labute approximate surface area is 114 Å². The van der Waals surface area contributed by atoms with Crippen molar-refractivity contribution in [3.8, 4) is 0 Å². The number of anilines is 1. The Morgan fingerprint density at radius 2 is 2.32 bits per heavy atom. The van der Waals surface area contributed by atoms with E-state index < -0.39 is 11.8 Å². The maximum atomic E-state index is 13.5. The standard InChI is InChI=1S/C12H12ClFN4O/c13-9-2-1-3-10(11(9)14)17-12(19)16-5-7-18-6-4-15-8-18/h1-4,6,8H,5,7H2,(H2,16,17,19). The first-order valence-electron chi connectivity index (χ1n) is 5.61. The molecule has 100 valence electrons. The zero-order chi connectivity index (χ0) is 13.7. The number of hydrogen-bond acceptors (Lipinski definition) is 2. The summed E-state index contributed by atoms with van der Waals surface area (Å²) in [7, 11) is 0. The van der Waals surface area contributed by atoms with Gasteiger partial charge in [0.15, 0.2) is 5.82 Å². The van der Waals surface area contributed by atoms with Crippen LogP contribution in [0.15, 0.2) is 36.9 Å². The Bertz CT molecular complexity index is 559. The normalized spacial score (nSPS) is 10.2. The van der Waals surface area contributed by atoms with Crippen molar-refractivity contribution in [1.82, 2.24) is 14.9 Å². The third-order valence-corrected chi connectivity index (χ3v) is 2.71. The molecule has 2 rings (SSSR count). The summed E-state index contributed by atoms with van der Waals surface area (Å²) in [4.78, 5) is 15.4. The van der Waals surface area contributed by atoms with Gasteiger partial charge in [0, 0.05) is 25.5 Å². The van der Waals surface area contributed by atoms with Gasteiger partial charge in [0.25, 0.3) is 0 Å². The van der Waals surface area contributed by atoms with Gasteiger partial charge < -0.3 is 15.2 Å². The van der Waals surface area contributed by atoms with E-state index in [0.29, 0.717) is 13.1 Å². The molecule has 1 aromatic heterocycles. The van der Waals surface area contributed by atoms with Crippen LogP contribution in [0.2, 0.25) is 5.02 Å². The van der Waals surface area contributed by atoms with E-state index in [1.807, 2.05) is 4.57 Å². The van der Waals surface area contributed by atoms with Gasteiger partial charge in [-0.25, -0.2) is 14.2 Å². The van der Waals surface area contributed by atoms with E-state index in [-0.39, 0.29) is 10.7 Å². The molecule has 2 aromatic rings. The largest absolute Gasteiger partial charge is 0.336 e. The molecule has 0 bridgehead atoms. The minimum absolute atomic E-state index is 0.0313. The van der Waals surface area contributed by atoms with Crippen LogP contribution in [0.1, 0.15) is 0 Å². The topological polar surface area (TPSA) is 59.0 Å². The van der Waals surface area contributed by atoms with Gasteiger partial charge >= 0.3 is 6.03 Å². The predicted octanol–water partition coefficient (Wildman–Crippen LogP) is 2.50. The lowest BCUT2D eigenvalue weighted by atomic mass is 10.3. The summed E-state index contributed by atoms with van der Waals surface area (Å²) in [5.41, 5.74) is 0.0487. The van der Waals surface area contributed by atoms with E-state index in [9.17, 15) is 9.18 Å². The van der Waals surface area contributed by atoms with Crippen LogP contribution in [0.3, 0.4) is 0 Å². The summed E-state index contributed by atoms with van der Waals surface area (Å²) < 4.78 is 15.3. The molecule has 7 heteroatoms. The molecule has 0 radical (unpaired) electrons. The molecule has 0 atom stereocenters. The molecule has 0 saturated carbocycles. The second kappa shape index (κ2) is 6.19. The number of benzene rings is 1. The number of amides is 2. The fourth-order valence-electron chi connectivity index (χ4n) is 1.48. The van der Waals surface area contributed by atoms with Gasteiger partial charge in [-0.05, 0) is 12.1 Å². The van der Waals surface area contributed by atoms with Crippen molar-refractivity contribution in [2.24, 2.45) is 0 Å². The Morgan fingerprint density at radius 1 is 1.47 bits per heavy atom. The van der Waals surface area contributed by atoms with Crippen molar-refractivity contribution in [2.45, 2.75) is 6.54 Å². The monoisotopic (exact) mass is 282 g/mol. The highest BCUT2D eigenvalue weighted by atomic mass is 35.5. The van der Waals surface area contributed by atoms with Crippen LogP contribution in [0.4, 0.5) is 14.9 Å². The zero-order valence-corrected chi connectivity index (χ0v) is 10.7. The van der Waals surface area contributed by atoms with Crippen LogP contribution >= 0.6 is 11.6 Å². The number of urea groups is 1. The van der Waals surface area contributed by atoms with E-state index in [4.69, 9.17) is 11.6 Å². The summed E-state index contributed by atoms with van der Waals surface area (Å²) in [6.45, 7) is 0.996. The van der Waals surface area contributed by atoms with E-state index in [1.54, 1.807) is 24.8 Å². The van der Waals surface area contributed by atoms with Crippen LogP contribution in [0, 0.1) is 5.82 Å². The lowest BCUT2D eigenvalue weighted by molar-refractivity contribution is 0.251. The lowest BCUT2D eigenvalue weighted by Gasteiger charge is -2.09. The van der Waals surface area contributed by atoms with E-state index in [2.05, 4.69) is 15.6 Å². The average Bonchev–Trinajstić information content (AvgIpc) is 2.88. The minimum Gasteiger partial charge on any atom is -0.336 e. The molecule has 2 amide bonds. The smallest absolute Gasteiger partial charge is 0.319 e. The number of nitrogens with zero attached hydrogens (tertiary/aromatic N) is 2. The van der Waals surface area contributed by atoms with Gasteiger partial charge in [0.2, 0.25) is 0 Å². The van der Waals surface area contributed by atoms with Crippen molar-refractivity contribution < 1.29 is 9.18 Å². The maximum Gasteiger partial charge on any atom is 0.319 e. The van der Waals surface area contributed by atoms with Gasteiger partial charge in [-0.3, -0.25) is 0 Å². The molecule has 5 nitrogen and oxygen atoms in total. The molecule has 0 saturated heterocycles. The Hall–Kier alpha value is -2.08. The molecule has 2 N–H and O–H groups in total. The third kappa shape index (κ3) is 3.69. The minimum atomic E-state index is -0.645. The number of carbonyl (C=O) groups excluding carboxylic acids is 1. The molecule has 0 fully saturated rings. The van der Waals surface area contributed by atoms with Gasteiger partial charge in [0.05, 0.1) is 17.0 Å². The maximum absolute atomic E-state index is 13.5. The summed E-state index contributed by atoms with van der Waals surface area (Å²) in [5, 5.41) is 4.97. The number of halogens is 2. The fourth-order valence-corrected chi connectivity index (χ4v) is 1.66. The molecule has 0 aliphatic heterocycles. The Morgan fingerprint density at radius 3 is 3.05 bits per heavy atom. The van der Waals surface area contributed by atoms with Crippen molar-refractivity contribution in [1.29, 1.82) is 0 Å². The number of hydrogen-bond donors (Lipinski definition) is 2. The van der Waals surface area contributed by atoms with Crippen molar-refractivity contribution >= 4 is 23.3 Å². The molecule has 0 unspecified atom stereocenters. The summed E-state index contributed by atoms with van der Waals surface area (Å²) >= 11 is 5.61. The van der Waals surface area contributed by atoms with Gasteiger partial charge in [-0.15, -0.1) is 0 Å². The number of imidazole rings is 1. The molecule has 1 heterocycles. The molecule has 1 aromatic carbocycles. The van der Waals surface area contributed by atoms with Crippen LogP contribution < -0.4 is 10.6 Å². The van der Waals surface area contributed by atoms with Gasteiger partial charge in [-0.1, -0.05) is 17.7 Å². The summed E-state index contributed by atoms with van der Waals surface area (Å²) in [6, 6.07) is 3.93. The molecular formula is C12H12ClFN4O. The molecule has 0 aliphatic carbocycles.